The third-order valence-corrected chi connectivity index (χ3v) is 5.50. The Morgan fingerprint density at radius 2 is 2.16 bits per heavy atom. The van der Waals surface area contributed by atoms with Gasteiger partial charge in [0.15, 0.2) is 0 Å². The van der Waals surface area contributed by atoms with Gasteiger partial charge >= 0.3 is 11.7 Å². The Morgan fingerprint density at radius 3 is 2.87 bits per heavy atom. The molecule has 0 unspecified atom stereocenters. The number of nitro benzene ring substituents is 1. The molecule has 1 saturated heterocycles. The SMILES string of the molecule is C[C@@H]1COCCN1c1cc(Nc2ccnc3c(Cl)cccc23)c([N+](=O)[O-])c(C(=O)O)c1. The monoisotopic (exact) mass is 442 g/mol. The standard InChI is InChI=1S/C21H19ClN4O5/c1-12-11-31-8-7-25(12)13-9-15(21(27)28)20(26(29)30)18(10-13)24-17-5-6-23-19-14(17)3-2-4-16(19)22/h2-6,9-10,12H,7-8,11H2,1H3,(H,23,24)(H,27,28)/t12-/m1/s1. The Labute approximate surface area is 182 Å². The molecule has 0 radical (unpaired) electrons. The first kappa shape index (κ1) is 20.8. The lowest BCUT2D eigenvalue weighted by molar-refractivity contribution is -0.384. The van der Waals surface area contributed by atoms with E-state index in [0.717, 1.165) is 0 Å². The molecule has 9 nitrogen and oxygen atoms in total. The molecular weight excluding hydrogens is 424 g/mol. The maximum atomic E-state index is 11.9. The number of fused-ring (bicyclic) bond motifs is 1. The molecule has 0 aliphatic carbocycles. The van der Waals surface area contributed by atoms with Crippen molar-refractivity contribution in [1.82, 2.24) is 4.98 Å². The van der Waals surface area contributed by atoms with E-state index in [-0.39, 0.29) is 17.3 Å². The van der Waals surface area contributed by atoms with E-state index in [9.17, 15) is 20.0 Å². The zero-order valence-corrected chi connectivity index (χ0v) is 17.3. The number of hydrogen-bond acceptors (Lipinski definition) is 7. The van der Waals surface area contributed by atoms with Crippen molar-refractivity contribution in [3.63, 3.8) is 0 Å². The van der Waals surface area contributed by atoms with Gasteiger partial charge in [0.2, 0.25) is 0 Å². The van der Waals surface area contributed by atoms with E-state index in [2.05, 4.69) is 10.3 Å². The number of ether oxygens (including phenoxy) is 1. The predicted molar refractivity (Wildman–Crippen MR) is 118 cm³/mol. The molecule has 1 aromatic heterocycles. The van der Waals surface area contributed by atoms with Crippen LogP contribution in [0.3, 0.4) is 0 Å². The summed E-state index contributed by atoms with van der Waals surface area (Å²) >= 11 is 6.23. The third kappa shape index (κ3) is 3.97. The Bertz CT molecular complexity index is 1190. The number of nitrogens with zero attached hydrogens (tertiary/aromatic N) is 3. The van der Waals surface area contributed by atoms with Crippen molar-refractivity contribution in [2.24, 2.45) is 0 Å². The number of nitrogens with one attached hydrogen (secondary N) is 1. The van der Waals surface area contributed by atoms with E-state index in [1.165, 1.54) is 12.3 Å². The molecule has 0 spiro atoms. The van der Waals surface area contributed by atoms with Crippen molar-refractivity contribution >= 4 is 51.2 Å². The van der Waals surface area contributed by atoms with E-state index in [1.54, 1.807) is 30.3 Å². The molecule has 1 atom stereocenters. The van der Waals surface area contributed by atoms with Crippen LogP contribution in [0.5, 0.6) is 0 Å². The number of carboxylic acid groups (broad SMARTS) is 1. The number of carbonyl (C=O) groups is 1. The van der Waals surface area contributed by atoms with Gasteiger partial charge in [-0.15, -0.1) is 0 Å². The van der Waals surface area contributed by atoms with Crippen LogP contribution < -0.4 is 10.2 Å². The normalized spacial score (nSPS) is 16.3. The molecule has 0 saturated carbocycles. The molecule has 2 N–H and O–H groups in total. The Balaban J connectivity index is 1.89. The van der Waals surface area contributed by atoms with Gasteiger partial charge in [0.1, 0.15) is 11.3 Å². The van der Waals surface area contributed by atoms with Gasteiger partial charge in [-0.3, -0.25) is 15.1 Å². The Morgan fingerprint density at radius 1 is 1.35 bits per heavy atom. The number of halogens is 1. The smallest absolute Gasteiger partial charge is 0.342 e. The zero-order chi connectivity index (χ0) is 22.1. The summed E-state index contributed by atoms with van der Waals surface area (Å²) in [4.78, 5) is 29.3. The molecule has 160 valence electrons. The van der Waals surface area contributed by atoms with Gasteiger partial charge in [0.05, 0.1) is 28.7 Å². The number of para-hydroxylation sites is 1. The number of aromatic nitrogens is 1. The number of rotatable bonds is 5. The minimum absolute atomic E-state index is 0.00902. The highest BCUT2D eigenvalue weighted by molar-refractivity contribution is 6.35. The van der Waals surface area contributed by atoms with E-state index < -0.39 is 16.6 Å². The topological polar surface area (TPSA) is 118 Å². The van der Waals surface area contributed by atoms with Crippen LogP contribution in [-0.4, -0.2) is 46.8 Å². The van der Waals surface area contributed by atoms with Gasteiger partial charge < -0.3 is 20.1 Å². The van der Waals surface area contributed by atoms with E-state index in [1.807, 2.05) is 11.8 Å². The lowest BCUT2D eigenvalue weighted by Crippen LogP contribution is -2.43. The van der Waals surface area contributed by atoms with E-state index >= 15 is 0 Å². The fraction of sp³-hybridized carbons (Fsp3) is 0.238. The highest BCUT2D eigenvalue weighted by Gasteiger charge is 2.29. The number of aromatic carboxylic acids is 1. The number of hydrogen-bond donors (Lipinski definition) is 2. The number of anilines is 3. The fourth-order valence-electron chi connectivity index (χ4n) is 3.74. The molecule has 1 aliphatic rings. The maximum absolute atomic E-state index is 11.9. The average molecular weight is 443 g/mol. The van der Waals surface area contributed by atoms with Crippen molar-refractivity contribution in [2.75, 3.05) is 30.0 Å². The maximum Gasteiger partial charge on any atom is 0.342 e. The third-order valence-electron chi connectivity index (χ3n) is 5.20. The lowest BCUT2D eigenvalue weighted by atomic mass is 10.1. The minimum Gasteiger partial charge on any atom is -0.477 e. The molecule has 4 rings (SSSR count). The van der Waals surface area contributed by atoms with Crippen molar-refractivity contribution < 1.29 is 19.6 Å². The molecular formula is C21H19ClN4O5. The van der Waals surface area contributed by atoms with E-state index in [0.29, 0.717) is 47.1 Å². The summed E-state index contributed by atoms with van der Waals surface area (Å²) in [6.07, 6.45) is 1.54. The van der Waals surface area contributed by atoms with Crippen molar-refractivity contribution in [2.45, 2.75) is 13.0 Å². The van der Waals surface area contributed by atoms with Gasteiger partial charge in [-0.2, -0.15) is 0 Å². The summed E-state index contributed by atoms with van der Waals surface area (Å²) < 4.78 is 5.46. The van der Waals surface area contributed by atoms with Crippen molar-refractivity contribution in [3.8, 4) is 0 Å². The molecule has 2 aromatic carbocycles. The van der Waals surface area contributed by atoms with Crippen molar-refractivity contribution in [3.05, 3.63) is 63.3 Å². The number of benzene rings is 2. The quantitative estimate of drug-likeness (QED) is 0.439. The van der Waals surface area contributed by atoms with Gasteiger partial charge in [-0.1, -0.05) is 23.7 Å². The number of carboxylic acids is 1. The van der Waals surface area contributed by atoms with Crippen LogP contribution in [0.25, 0.3) is 10.9 Å². The molecule has 2 heterocycles. The molecule has 1 aliphatic heterocycles. The van der Waals surface area contributed by atoms with Crippen LogP contribution in [0.2, 0.25) is 5.02 Å². The Kier molecular flexibility index (Phi) is 5.62. The lowest BCUT2D eigenvalue weighted by Gasteiger charge is -2.35. The van der Waals surface area contributed by atoms with Crippen LogP contribution >= 0.6 is 11.6 Å². The van der Waals surface area contributed by atoms with Crippen LogP contribution in [-0.2, 0) is 4.74 Å². The van der Waals surface area contributed by atoms with Gasteiger partial charge in [0, 0.05) is 35.5 Å². The second-order valence-electron chi connectivity index (χ2n) is 7.19. The molecule has 0 bridgehead atoms. The fourth-order valence-corrected chi connectivity index (χ4v) is 3.97. The number of morpholine rings is 1. The van der Waals surface area contributed by atoms with Gasteiger partial charge in [-0.25, -0.2) is 4.79 Å². The zero-order valence-electron chi connectivity index (χ0n) is 16.5. The van der Waals surface area contributed by atoms with Gasteiger partial charge in [-0.05, 0) is 31.2 Å². The first-order valence-electron chi connectivity index (χ1n) is 9.57. The summed E-state index contributed by atoms with van der Waals surface area (Å²) in [5, 5.41) is 25.7. The summed E-state index contributed by atoms with van der Waals surface area (Å²) in [7, 11) is 0. The highest BCUT2D eigenvalue weighted by atomic mass is 35.5. The largest absolute Gasteiger partial charge is 0.477 e. The number of pyridine rings is 1. The van der Waals surface area contributed by atoms with Crippen LogP contribution in [0, 0.1) is 10.1 Å². The molecule has 3 aromatic rings. The molecule has 1 fully saturated rings. The number of nitro groups is 1. The second-order valence-corrected chi connectivity index (χ2v) is 7.60. The second kappa shape index (κ2) is 8.37. The molecule has 10 heteroatoms. The summed E-state index contributed by atoms with van der Waals surface area (Å²) in [6.45, 7) is 3.47. The summed E-state index contributed by atoms with van der Waals surface area (Å²) in [6, 6.07) is 9.83. The van der Waals surface area contributed by atoms with Gasteiger partial charge in [0.25, 0.3) is 0 Å². The van der Waals surface area contributed by atoms with Crippen molar-refractivity contribution in [1.29, 1.82) is 0 Å². The first-order chi connectivity index (χ1) is 14.9. The van der Waals surface area contributed by atoms with Crippen LogP contribution in [0.4, 0.5) is 22.7 Å². The Hall–Kier alpha value is -3.43. The van der Waals surface area contributed by atoms with Crippen LogP contribution in [0.1, 0.15) is 17.3 Å². The average Bonchev–Trinajstić information content (AvgIpc) is 2.74. The first-order valence-corrected chi connectivity index (χ1v) is 9.95. The summed E-state index contributed by atoms with van der Waals surface area (Å²) in [5.41, 5.74) is 0.806. The minimum atomic E-state index is -1.37. The summed E-state index contributed by atoms with van der Waals surface area (Å²) in [5.74, 6) is -1.37. The predicted octanol–water partition coefficient (Wildman–Crippen LogP) is 4.46. The van der Waals surface area contributed by atoms with Crippen LogP contribution in [0.15, 0.2) is 42.6 Å². The highest BCUT2D eigenvalue weighted by Crippen LogP contribution is 2.38. The van der Waals surface area contributed by atoms with E-state index in [4.69, 9.17) is 16.3 Å². The molecule has 0 amide bonds. The molecule has 31 heavy (non-hydrogen) atoms.